The largest absolute Gasteiger partial charge is 0.493 e. The molecule has 8 rings (SSSR count). The number of benzene rings is 3. The number of nitrogens with zero attached hydrogens (tertiary/aromatic N) is 4. The number of methoxy groups -OCH3 is 2. The molecule has 90 heavy (non-hydrogen) atoms. The minimum Gasteiger partial charge on any atom is -0.493 e. The summed E-state index contributed by atoms with van der Waals surface area (Å²) in [6.07, 6.45) is 2.67. The third-order valence-corrected chi connectivity index (χ3v) is 21.5. The lowest BCUT2D eigenvalue weighted by molar-refractivity contribution is -0.195. The Morgan fingerprint density at radius 1 is 0.722 bits per heavy atom. The lowest BCUT2D eigenvalue weighted by Crippen LogP contribution is -2.58. The standard InChI is InChI=1S/C67H95N7O15Si/c1-39(2)56(68)58(76)69-41(4)57(75)70-44-26-24-42(25-27-44)43-32-50-62(89-90(16,17)67(11,12)13)74(64(80)88-66(8,9)10)48-36-54(52(82-15)34-46(48)60(78)72(50)38-43)84-29-21-18-20-28-83-53-35-47-45(33-51(53)81-14)59(77)71-37-40(3)31-49(71)61(86-55-23-19-22-30-85-55)73(47)63(79)87-65(5,6)7/h24-27,33-36,38-39,41,49-50,55-56,61-62H,3,18-23,28-32,37,68H2,1-2,4-17H3,(H,69,76)(H,70,75)/t41-,49-,50-,55?,56-,61-,62?/m0/s1. The van der Waals surface area contributed by atoms with Crippen molar-refractivity contribution in [1.29, 1.82) is 0 Å². The Morgan fingerprint density at radius 3 is 1.79 bits per heavy atom. The first-order valence-corrected chi connectivity index (χ1v) is 34.3. The maximum Gasteiger partial charge on any atom is 0.417 e. The molecule has 2 fully saturated rings. The summed E-state index contributed by atoms with van der Waals surface area (Å²) in [7, 11) is 0.218. The highest BCUT2D eigenvalue weighted by Gasteiger charge is 2.53. The molecule has 0 saturated carbocycles. The second kappa shape index (κ2) is 27.7. The van der Waals surface area contributed by atoms with Gasteiger partial charge in [0.25, 0.3) is 11.8 Å². The number of carbonyl (C=O) groups is 6. The van der Waals surface area contributed by atoms with Crippen molar-refractivity contribution in [3.8, 4) is 23.0 Å². The van der Waals surface area contributed by atoms with Gasteiger partial charge in [0.05, 0.1) is 68.1 Å². The Kier molecular flexibility index (Phi) is 21.2. The predicted octanol–water partition coefficient (Wildman–Crippen LogP) is 11.5. The van der Waals surface area contributed by atoms with E-state index in [1.165, 1.54) is 24.0 Å². The minimum atomic E-state index is -2.77. The Labute approximate surface area is 531 Å². The quantitative estimate of drug-likeness (QED) is 0.0540. The first kappa shape index (κ1) is 68.7. The molecule has 5 heterocycles. The number of rotatable bonds is 20. The zero-order valence-electron chi connectivity index (χ0n) is 55.5. The van der Waals surface area contributed by atoms with Crippen LogP contribution >= 0.6 is 0 Å². The highest BCUT2D eigenvalue weighted by Crippen LogP contribution is 2.48. The molecule has 4 N–H and O–H groups in total. The number of unbranched alkanes of at least 4 members (excludes halogenated alkanes) is 2. The van der Waals surface area contributed by atoms with Gasteiger partial charge in [-0.25, -0.2) is 19.4 Å². The van der Waals surface area contributed by atoms with Crippen molar-refractivity contribution < 1.29 is 71.1 Å². The summed E-state index contributed by atoms with van der Waals surface area (Å²) in [5.41, 5.74) is 7.97. The summed E-state index contributed by atoms with van der Waals surface area (Å²) >= 11 is 0. The van der Waals surface area contributed by atoms with E-state index in [1.807, 2.05) is 26.0 Å². The number of ether oxygens (including phenoxy) is 8. The highest BCUT2D eigenvalue weighted by molar-refractivity contribution is 6.74. The van der Waals surface area contributed by atoms with E-state index in [2.05, 4.69) is 51.1 Å². The van der Waals surface area contributed by atoms with Crippen LogP contribution in [0.25, 0.3) is 5.57 Å². The molecule has 0 bridgehead atoms. The van der Waals surface area contributed by atoms with Gasteiger partial charge in [0.1, 0.15) is 17.2 Å². The van der Waals surface area contributed by atoms with Crippen LogP contribution in [0.3, 0.4) is 0 Å². The van der Waals surface area contributed by atoms with Crippen LogP contribution in [-0.4, -0.2) is 149 Å². The summed E-state index contributed by atoms with van der Waals surface area (Å²) in [5, 5.41) is 5.23. The molecule has 5 aliphatic heterocycles. The number of anilines is 3. The number of hydrogen-bond acceptors (Lipinski definition) is 16. The van der Waals surface area contributed by atoms with Gasteiger partial charge in [-0.15, -0.1) is 0 Å². The molecule has 3 aromatic rings. The van der Waals surface area contributed by atoms with Crippen LogP contribution in [0.2, 0.25) is 18.1 Å². The zero-order chi connectivity index (χ0) is 65.9. The van der Waals surface area contributed by atoms with Crippen LogP contribution in [-0.2, 0) is 33.0 Å². The summed E-state index contributed by atoms with van der Waals surface area (Å²) in [5.74, 6) is -0.459. The number of nitrogens with two attached hydrogens (primary N) is 1. The van der Waals surface area contributed by atoms with E-state index in [0.29, 0.717) is 74.6 Å². The van der Waals surface area contributed by atoms with Crippen molar-refractivity contribution >= 4 is 66.8 Å². The summed E-state index contributed by atoms with van der Waals surface area (Å²) in [6.45, 7) is 31.9. The number of hydrogen-bond donors (Lipinski definition) is 3. The van der Waals surface area contributed by atoms with Gasteiger partial charge >= 0.3 is 12.2 Å². The lowest BCUT2D eigenvalue weighted by Gasteiger charge is -2.44. The monoisotopic (exact) mass is 1270 g/mol. The Hall–Kier alpha value is -7.18. The second-order valence-corrected chi connectivity index (χ2v) is 32.5. The molecule has 5 aliphatic rings. The third-order valence-electron chi connectivity index (χ3n) is 17.0. The van der Waals surface area contributed by atoms with Gasteiger partial charge in [-0.1, -0.05) is 58.9 Å². The second-order valence-electron chi connectivity index (χ2n) is 27.7. The van der Waals surface area contributed by atoms with Crippen LogP contribution in [0.5, 0.6) is 23.0 Å². The van der Waals surface area contributed by atoms with E-state index in [9.17, 15) is 19.2 Å². The first-order chi connectivity index (χ1) is 42.2. The maximum atomic E-state index is 15.3. The van der Waals surface area contributed by atoms with Crippen LogP contribution in [0, 0.1) is 5.92 Å². The van der Waals surface area contributed by atoms with Crippen molar-refractivity contribution in [2.24, 2.45) is 11.7 Å². The Balaban J connectivity index is 1.02. The van der Waals surface area contributed by atoms with E-state index in [4.69, 9.17) is 48.1 Å². The smallest absolute Gasteiger partial charge is 0.417 e. The average Bonchev–Trinajstić information content (AvgIpc) is 1.57. The fourth-order valence-corrected chi connectivity index (χ4v) is 12.3. The first-order valence-electron chi connectivity index (χ1n) is 31.4. The van der Waals surface area contributed by atoms with E-state index in [1.54, 1.807) is 101 Å². The van der Waals surface area contributed by atoms with E-state index < -0.39 is 92.3 Å². The highest BCUT2D eigenvalue weighted by atomic mass is 28.4. The topological polar surface area (TPSA) is 249 Å². The SMILES string of the molecule is C=C1C[C@H]2[C@H](OC3CCCCO3)N(C(=O)OC(C)(C)C)c3cc(OCCCCCOc4cc5c(cc4OC)C(=O)N4C=C(c6ccc(NC(=O)[C@H](C)NC(=O)[C@@H](N)C(C)C)cc6)C[C@H]4C(O[Si](C)(C)C(C)(C)C)N5C(=O)OC(C)(C)C)c(OC)cc3C(=O)N2C1. The molecule has 0 spiro atoms. The maximum absolute atomic E-state index is 15.3. The summed E-state index contributed by atoms with van der Waals surface area (Å²) < 4.78 is 56.9. The molecule has 0 aliphatic carbocycles. The lowest BCUT2D eigenvalue weighted by atomic mass is 10.0. The molecule has 3 aromatic carbocycles. The predicted molar refractivity (Wildman–Crippen MR) is 345 cm³/mol. The molecule has 492 valence electrons. The molecule has 7 atom stereocenters. The molecular weight excluding hydrogens is 1170 g/mol. The van der Waals surface area contributed by atoms with Crippen LogP contribution in [0.4, 0.5) is 26.7 Å². The van der Waals surface area contributed by atoms with Crippen molar-refractivity contribution in [1.82, 2.24) is 15.1 Å². The van der Waals surface area contributed by atoms with Gasteiger partial charge in [0.15, 0.2) is 50.1 Å². The van der Waals surface area contributed by atoms with Gasteiger partial charge in [0.2, 0.25) is 11.8 Å². The van der Waals surface area contributed by atoms with Crippen LogP contribution < -0.4 is 45.1 Å². The number of amides is 6. The minimum absolute atomic E-state index is 0.105. The molecule has 23 heteroatoms. The van der Waals surface area contributed by atoms with E-state index in [0.717, 1.165) is 29.6 Å². The number of fused-ring (bicyclic) bond motifs is 4. The van der Waals surface area contributed by atoms with Gasteiger partial charge in [-0.3, -0.25) is 19.2 Å². The van der Waals surface area contributed by atoms with Crippen LogP contribution in [0.1, 0.15) is 161 Å². The Bertz CT molecular complexity index is 3200. The van der Waals surface area contributed by atoms with Gasteiger partial charge in [-0.2, -0.15) is 0 Å². The Morgan fingerprint density at radius 2 is 1.28 bits per heavy atom. The van der Waals surface area contributed by atoms with Gasteiger partial charge in [-0.05, 0) is 159 Å². The number of carbonyl (C=O) groups excluding carboxylic acids is 6. The van der Waals surface area contributed by atoms with E-state index in [-0.39, 0.29) is 58.3 Å². The van der Waals surface area contributed by atoms with Crippen molar-refractivity contribution in [2.75, 3.05) is 55.7 Å². The molecular formula is C67H95N7O15Si. The molecule has 2 unspecified atom stereocenters. The summed E-state index contributed by atoms with van der Waals surface area (Å²) in [6, 6.07) is 10.8. The summed E-state index contributed by atoms with van der Waals surface area (Å²) in [4.78, 5) is 91.3. The van der Waals surface area contributed by atoms with Crippen molar-refractivity contribution in [3.05, 3.63) is 83.6 Å². The van der Waals surface area contributed by atoms with Crippen molar-refractivity contribution in [2.45, 2.75) is 207 Å². The fraction of sp³-hybridized carbons (Fsp3) is 0.582. The van der Waals surface area contributed by atoms with E-state index >= 15 is 9.59 Å². The van der Waals surface area contributed by atoms with Crippen LogP contribution in [0.15, 0.2) is 66.9 Å². The van der Waals surface area contributed by atoms with Gasteiger partial charge < -0.3 is 68.5 Å². The molecule has 22 nitrogen and oxygen atoms in total. The zero-order valence-corrected chi connectivity index (χ0v) is 56.5. The normalized spacial score (nSPS) is 21.0. The van der Waals surface area contributed by atoms with Gasteiger partial charge in [0, 0.05) is 37.2 Å². The number of nitrogens with one attached hydrogen (secondary N) is 2. The molecule has 2 saturated heterocycles. The molecule has 0 radical (unpaired) electrons. The third kappa shape index (κ3) is 15.7. The van der Waals surface area contributed by atoms with Crippen molar-refractivity contribution in [3.63, 3.8) is 0 Å². The fourth-order valence-electron chi connectivity index (χ4n) is 11.1. The molecule has 6 amide bonds. The average molecular weight is 1270 g/mol. The molecule has 0 aromatic heterocycles.